The highest BCUT2D eigenvalue weighted by molar-refractivity contribution is 7.86. The summed E-state index contributed by atoms with van der Waals surface area (Å²) < 4.78 is 26.9. The standard InChI is InChI=1S/C10H14N2O4S/c11-17(15,16)9-5-3-8(4-6-9)12-7-1-2-10(13)14/h3-6,12H,1-2,7H2,(H,13,14)(H2,11,15,16). The molecular weight excluding hydrogens is 244 g/mol. The third-order valence-electron chi connectivity index (χ3n) is 2.07. The number of anilines is 1. The fraction of sp³-hybridized carbons (Fsp3) is 0.300. The highest BCUT2D eigenvalue weighted by Gasteiger charge is 2.04. The van der Waals surface area contributed by atoms with E-state index in [9.17, 15) is 9.00 Å². The molecular formula is C10H14N2O4S. The van der Waals surface area contributed by atoms with Gasteiger partial charge in [-0.15, -0.1) is 0 Å². The molecule has 0 saturated heterocycles. The highest BCUT2D eigenvalue weighted by atomic mass is 32.2. The molecule has 1 aromatic rings. The summed E-state index contributed by atoms with van der Waals surface area (Å²) in [5.74, 6) is -0.837. The average Bonchev–Trinajstić information content (AvgIpc) is 2.23. The Kier molecular flexibility index (Phi) is 4.47. The molecule has 1 aromatic carbocycles. The molecule has 0 aromatic heterocycles. The van der Waals surface area contributed by atoms with E-state index in [2.05, 4.69) is 5.32 Å². The van der Waals surface area contributed by atoms with Crippen LogP contribution in [-0.4, -0.2) is 26.4 Å². The monoisotopic (exact) mass is 258 g/mol. The van der Waals surface area contributed by atoms with Crippen LogP contribution in [0.25, 0.3) is 0 Å². The molecule has 0 heterocycles. The lowest BCUT2D eigenvalue weighted by molar-refractivity contribution is -0.137. The SMILES string of the molecule is N=S(=O)(O)c1ccc(NCCCC(=O)O)cc1. The van der Waals surface area contributed by atoms with Crippen LogP contribution in [0.4, 0.5) is 5.69 Å². The van der Waals surface area contributed by atoms with Crippen LogP contribution in [0.3, 0.4) is 0 Å². The van der Waals surface area contributed by atoms with Crippen LogP contribution in [0.1, 0.15) is 12.8 Å². The predicted molar refractivity (Wildman–Crippen MR) is 63.6 cm³/mol. The predicted octanol–water partition coefficient (Wildman–Crippen LogP) is 1.84. The maximum Gasteiger partial charge on any atom is 0.303 e. The quantitative estimate of drug-likeness (QED) is 0.582. The van der Waals surface area contributed by atoms with Crippen molar-refractivity contribution < 1.29 is 18.7 Å². The maximum absolute atomic E-state index is 11.0. The minimum absolute atomic E-state index is 0.0496. The van der Waals surface area contributed by atoms with Gasteiger partial charge < -0.3 is 10.4 Å². The second kappa shape index (κ2) is 5.65. The normalized spacial score (nSPS) is 13.9. The number of nitrogens with one attached hydrogen (secondary N) is 2. The van der Waals surface area contributed by atoms with Crippen LogP contribution in [0.5, 0.6) is 0 Å². The van der Waals surface area contributed by atoms with Crippen molar-refractivity contribution in [2.75, 3.05) is 11.9 Å². The molecule has 1 rings (SSSR count). The summed E-state index contributed by atoms with van der Waals surface area (Å²) >= 11 is 0. The zero-order chi connectivity index (χ0) is 12.9. The molecule has 0 saturated carbocycles. The van der Waals surface area contributed by atoms with E-state index in [1.165, 1.54) is 12.1 Å². The van der Waals surface area contributed by atoms with Gasteiger partial charge in [0.15, 0.2) is 10.0 Å². The molecule has 0 spiro atoms. The van der Waals surface area contributed by atoms with E-state index in [-0.39, 0.29) is 11.3 Å². The van der Waals surface area contributed by atoms with Gasteiger partial charge in [0.2, 0.25) is 0 Å². The molecule has 0 bridgehead atoms. The number of hydrogen-bond acceptors (Lipinski definition) is 4. The number of carbonyl (C=O) groups is 1. The van der Waals surface area contributed by atoms with Crippen LogP contribution in [0.15, 0.2) is 29.2 Å². The van der Waals surface area contributed by atoms with Crippen molar-refractivity contribution >= 4 is 21.7 Å². The Bertz CT molecular complexity index is 482. The first kappa shape index (κ1) is 13.5. The summed E-state index contributed by atoms with van der Waals surface area (Å²) in [6.45, 7) is 0.515. The topological polar surface area (TPSA) is 110 Å². The molecule has 0 fully saturated rings. The van der Waals surface area contributed by atoms with E-state index in [0.29, 0.717) is 13.0 Å². The summed E-state index contributed by atoms with van der Waals surface area (Å²) in [6.07, 6.45) is 0.606. The summed E-state index contributed by atoms with van der Waals surface area (Å²) in [7, 11) is -3.66. The fourth-order valence-corrected chi connectivity index (χ4v) is 1.73. The molecule has 1 unspecified atom stereocenters. The van der Waals surface area contributed by atoms with Crippen LogP contribution in [0.2, 0.25) is 0 Å². The van der Waals surface area contributed by atoms with Crippen LogP contribution in [0, 0.1) is 4.78 Å². The fourth-order valence-electron chi connectivity index (χ4n) is 1.23. The largest absolute Gasteiger partial charge is 0.481 e. The van der Waals surface area contributed by atoms with Crippen molar-refractivity contribution in [3.8, 4) is 0 Å². The van der Waals surface area contributed by atoms with Gasteiger partial charge in [0.1, 0.15) is 0 Å². The first-order valence-corrected chi connectivity index (χ1v) is 6.48. The van der Waals surface area contributed by atoms with Gasteiger partial charge in [-0.1, -0.05) is 0 Å². The van der Waals surface area contributed by atoms with E-state index in [0.717, 1.165) is 5.69 Å². The second-order valence-electron chi connectivity index (χ2n) is 3.47. The van der Waals surface area contributed by atoms with Gasteiger partial charge in [-0.25, -0.2) is 8.99 Å². The van der Waals surface area contributed by atoms with Gasteiger partial charge in [0.25, 0.3) is 0 Å². The van der Waals surface area contributed by atoms with Crippen LogP contribution in [-0.2, 0) is 14.8 Å². The number of hydrogen-bond donors (Lipinski definition) is 4. The van der Waals surface area contributed by atoms with Gasteiger partial charge >= 0.3 is 5.97 Å². The lowest BCUT2D eigenvalue weighted by atomic mass is 10.3. The lowest BCUT2D eigenvalue weighted by Crippen LogP contribution is -2.05. The number of rotatable bonds is 6. The van der Waals surface area contributed by atoms with Crippen molar-refractivity contribution in [2.24, 2.45) is 0 Å². The van der Waals surface area contributed by atoms with Crippen LogP contribution >= 0.6 is 0 Å². The summed E-state index contributed by atoms with van der Waals surface area (Å²) in [4.78, 5) is 10.3. The number of aliphatic carboxylic acids is 1. The Hall–Kier alpha value is -1.60. The van der Waals surface area contributed by atoms with Gasteiger partial charge in [0.05, 0.1) is 4.90 Å². The van der Waals surface area contributed by atoms with E-state index in [1.807, 2.05) is 0 Å². The van der Waals surface area contributed by atoms with Gasteiger partial charge in [-0.2, -0.15) is 0 Å². The van der Waals surface area contributed by atoms with Gasteiger partial charge in [-0.05, 0) is 30.7 Å². The van der Waals surface area contributed by atoms with Crippen LogP contribution < -0.4 is 5.32 Å². The Morgan fingerprint density at radius 2 is 1.94 bits per heavy atom. The average molecular weight is 258 g/mol. The van der Waals surface area contributed by atoms with Gasteiger partial charge in [0, 0.05) is 18.7 Å². The third kappa shape index (κ3) is 4.83. The maximum atomic E-state index is 11.0. The van der Waals surface area contributed by atoms with Crippen molar-refractivity contribution in [2.45, 2.75) is 17.7 Å². The Labute approximate surface area is 99.5 Å². The van der Waals surface area contributed by atoms with Crippen molar-refractivity contribution in [3.05, 3.63) is 24.3 Å². The minimum atomic E-state index is -3.66. The number of carboxylic acid groups (broad SMARTS) is 1. The molecule has 0 amide bonds. The number of benzene rings is 1. The van der Waals surface area contributed by atoms with E-state index >= 15 is 0 Å². The first-order valence-electron chi connectivity index (χ1n) is 4.96. The lowest BCUT2D eigenvalue weighted by Gasteiger charge is -2.06. The highest BCUT2D eigenvalue weighted by Crippen LogP contribution is 2.14. The zero-order valence-corrected chi connectivity index (χ0v) is 9.87. The minimum Gasteiger partial charge on any atom is -0.481 e. The molecule has 94 valence electrons. The zero-order valence-electron chi connectivity index (χ0n) is 9.05. The molecule has 0 aliphatic heterocycles. The Morgan fingerprint density at radius 1 is 1.35 bits per heavy atom. The van der Waals surface area contributed by atoms with Crippen molar-refractivity contribution in [1.29, 1.82) is 4.78 Å². The Balaban J connectivity index is 2.49. The van der Waals surface area contributed by atoms with E-state index in [4.69, 9.17) is 14.4 Å². The van der Waals surface area contributed by atoms with Crippen molar-refractivity contribution in [3.63, 3.8) is 0 Å². The number of carboxylic acids is 1. The Morgan fingerprint density at radius 3 is 2.41 bits per heavy atom. The van der Waals surface area contributed by atoms with Crippen molar-refractivity contribution in [1.82, 2.24) is 0 Å². The second-order valence-corrected chi connectivity index (χ2v) is 5.00. The summed E-state index contributed by atoms with van der Waals surface area (Å²) in [5, 5.41) is 11.4. The molecule has 6 nitrogen and oxygen atoms in total. The van der Waals surface area contributed by atoms with E-state index in [1.54, 1.807) is 12.1 Å². The first-order chi connectivity index (χ1) is 7.89. The van der Waals surface area contributed by atoms with Gasteiger partial charge in [-0.3, -0.25) is 9.35 Å². The molecule has 0 aliphatic carbocycles. The summed E-state index contributed by atoms with van der Waals surface area (Å²) in [5.41, 5.74) is 0.725. The van der Waals surface area contributed by atoms with E-state index < -0.39 is 16.0 Å². The molecule has 0 aliphatic rings. The molecule has 17 heavy (non-hydrogen) atoms. The third-order valence-corrected chi connectivity index (χ3v) is 2.98. The molecule has 4 N–H and O–H groups in total. The summed E-state index contributed by atoms with van der Waals surface area (Å²) in [6, 6.07) is 5.96. The smallest absolute Gasteiger partial charge is 0.303 e. The molecule has 0 radical (unpaired) electrons. The molecule has 7 heteroatoms. The molecule has 1 atom stereocenters.